The highest BCUT2D eigenvalue weighted by molar-refractivity contribution is 9.10. The van der Waals surface area contributed by atoms with Crippen molar-refractivity contribution < 1.29 is 9.53 Å². The van der Waals surface area contributed by atoms with Gasteiger partial charge in [0.05, 0.1) is 18.7 Å². The van der Waals surface area contributed by atoms with Gasteiger partial charge in [0.2, 0.25) is 0 Å². The van der Waals surface area contributed by atoms with Gasteiger partial charge in [-0.2, -0.15) is 5.26 Å². The fourth-order valence-corrected chi connectivity index (χ4v) is 3.25. The predicted octanol–water partition coefficient (Wildman–Crippen LogP) is 3.76. The van der Waals surface area contributed by atoms with Crippen molar-refractivity contribution >= 4 is 21.8 Å². The maximum Gasteiger partial charge on any atom is 0.256 e. The van der Waals surface area contributed by atoms with Crippen LogP contribution in [0.2, 0.25) is 0 Å². The van der Waals surface area contributed by atoms with Crippen LogP contribution in [-0.4, -0.2) is 30.5 Å². The molecule has 1 aliphatic rings. The number of hydrogen-bond donors (Lipinski definition) is 0. The first-order chi connectivity index (χ1) is 10.0. The van der Waals surface area contributed by atoms with Crippen LogP contribution in [0.3, 0.4) is 0 Å². The van der Waals surface area contributed by atoms with E-state index >= 15 is 0 Å². The van der Waals surface area contributed by atoms with Crippen molar-refractivity contribution in [3.8, 4) is 11.8 Å². The van der Waals surface area contributed by atoms with Crippen LogP contribution in [0, 0.1) is 11.3 Å². The smallest absolute Gasteiger partial charge is 0.256 e. The zero-order valence-electron chi connectivity index (χ0n) is 12.4. The third-order valence-electron chi connectivity index (χ3n) is 4.24. The maximum atomic E-state index is 12.8. The molecular weight excluding hydrogens is 332 g/mol. The molecule has 0 spiro atoms. The lowest BCUT2D eigenvalue weighted by atomic mass is 9.81. The van der Waals surface area contributed by atoms with Gasteiger partial charge in [-0.1, -0.05) is 19.3 Å². The van der Waals surface area contributed by atoms with Crippen LogP contribution in [0.25, 0.3) is 0 Å². The van der Waals surface area contributed by atoms with Crippen LogP contribution < -0.4 is 4.74 Å². The topological polar surface area (TPSA) is 53.3 Å². The molecule has 21 heavy (non-hydrogen) atoms. The second-order valence-corrected chi connectivity index (χ2v) is 6.27. The largest absolute Gasteiger partial charge is 0.497 e. The van der Waals surface area contributed by atoms with E-state index in [1.807, 2.05) is 0 Å². The minimum Gasteiger partial charge on any atom is -0.497 e. The number of amides is 1. The summed E-state index contributed by atoms with van der Waals surface area (Å²) < 4.78 is 5.89. The number of nitriles is 1. The number of rotatable bonds is 3. The molecule has 1 saturated carbocycles. The van der Waals surface area contributed by atoms with E-state index in [-0.39, 0.29) is 5.91 Å². The van der Waals surface area contributed by atoms with Crippen LogP contribution in [0.5, 0.6) is 5.75 Å². The molecule has 1 aliphatic carbocycles. The minimum absolute atomic E-state index is 0.149. The highest BCUT2D eigenvalue weighted by Gasteiger charge is 2.39. The number of benzene rings is 1. The van der Waals surface area contributed by atoms with Crippen molar-refractivity contribution in [2.45, 2.75) is 37.6 Å². The Morgan fingerprint density at radius 3 is 2.62 bits per heavy atom. The molecule has 0 aromatic heterocycles. The average Bonchev–Trinajstić information content (AvgIpc) is 2.54. The summed E-state index contributed by atoms with van der Waals surface area (Å²) in [7, 11) is 3.29. The van der Waals surface area contributed by atoms with Crippen LogP contribution in [-0.2, 0) is 0 Å². The normalized spacial score (nSPS) is 16.9. The highest BCUT2D eigenvalue weighted by Crippen LogP contribution is 2.34. The van der Waals surface area contributed by atoms with Gasteiger partial charge in [0, 0.05) is 11.5 Å². The Morgan fingerprint density at radius 1 is 1.38 bits per heavy atom. The van der Waals surface area contributed by atoms with Crippen LogP contribution >= 0.6 is 15.9 Å². The van der Waals surface area contributed by atoms with E-state index in [1.165, 1.54) is 0 Å². The number of carbonyl (C=O) groups excluding carboxylic acids is 1. The molecule has 0 unspecified atom stereocenters. The van der Waals surface area contributed by atoms with E-state index in [9.17, 15) is 10.1 Å². The fraction of sp³-hybridized carbons (Fsp3) is 0.500. The summed E-state index contributed by atoms with van der Waals surface area (Å²) in [6, 6.07) is 7.66. The predicted molar refractivity (Wildman–Crippen MR) is 84.2 cm³/mol. The summed E-state index contributed by atoms with van der Waals surface area (Å²) in [5.74, 6) is 0.480. The number of halogens is 1. The van der Waals surface area contributed by atoms with E-state index in [2.05, 4.69) is 22.0 Å². The van der Waals surface area contributed by atoms with Gasteiger partial charge in [0.1, 0.15) is 11.3 Å². The summed E-state index contributed by atoms with van der Waals surface area (Å²) in [6.45, 7) is 0. The zero-order chi connectivity index (χ0) is 15.5. The average molecular weight is 351 g/mol. The Morgan fingerprint density at radius 2 is 2.05 bits per heavy atom. The fourth-order valence-electron chi connectivity index (χ4n) is 2.83. The monoisotopic (exact) mass is 350 g/mol. The van der Waals surface area contributed by atoms with Gasteiger partial charge < -0.3 is 9.64 Å². The molecule has 2 rings (SSSR count). The molecule has 0 aliphatic heterocycles. The van der Waals surface area contributed by atoms with Crippen molar-refractivity contribution in [3.63, 3.8) is 0 Å². The lowest BCUT2D eigenvalue weighted by molar-refractivity contribution is 0.0587. The quantitative estimate of drug-likeness (QED) is 0.833. The molecule has 0 radical (unpaired) electrons. The number of ether oxygens (including phenoxy) is 1. The van der Waals surface area contributed by atoms with Crippen LogP contribution in [0.4, 0.5) is 0 Å². The number of methoxy groups -OCH3 is 1. The van der Waals surface area contributed by atoms with Crippen molar-refractivity contribution in [2.24, 2.45) is 0 Å². The van der Waals surface area contributed by atoms with Crippen LogP contribution in [0.1, 0.15) is 42.5 Å². The molecule has 112 valence electrons. The Hall–Kier alpha value is -1.54. The van der Waals surface area contributed by atoms with Crippen molar-refractivity contribution in [2.75, 3.05) is 14.2 Å². The van der Waals surface area contributed by atoms with Crippen molar-refractivity contribution in [1.82, 2.24) is 4.90 Å². The van der Waals surface area contributed by atoms with Crippen molar-refractivity contribution in [3.05, 3.63) is 28.2 Å². The minimum atomic E-state index is -0.683. The third kappa shape index (κ3) is 3.06. The van der Waals surface area contributed by atoms with E-state index in [1.54, 1.807) is 37.3 Å². The van der Waals surface area contributed by atoms with Gasteiger partial charge in [-0.15, -0.1) is 0 Å². The van der Waals surface area contributed by atoms with E-state index in [4.69, 9.17) is 4.74 Å². The lowest BCUT2D eigenvalue weighted by Gasteiger charge is -2.39. The van der Waals surface area contributed by atoms with E-state index in [0.29, 0.717) is 15.8 Å². The molecular formula is C16H19BrN2O2. The second kappa shape index (κ2) is 6.48. The molecule has 1 fully saturated rings. The van der Waals surface area contributed by atoms with E-state index in [0.717, 1.165) is 32.1 Å². The van der Waals surface area contributed by atoms with Gasteiger partial charge >= 0.3 is 0 Å². The summed E-state index contributed by atoms with van der Waals surface area (Å²) in [5, 5.41) is 9.60. The third-order valence-corrected chi connectivity index (χ3v) is 4.93. The van der Waals surface area contributed by atoms with Gasteiger partial charge in [0.25, 0.3) is 5.91 Å². The highest BCUT2D eigenvalue weighted by atomic mass is 79.9. The first-order valence-corrected chi connectivity index (χ1v) is 7.86. The summed E-state index contributed by atoms with van der Waals surface area (Å²) in [6.07, 6.45) is 4.60. The Labute approximate surface area is 133 Å². The Kier molecular flexibility index (Phi) is 4.89. The first-order valence-electron chi connectivity index (χ1n) is 7.07. The maximum absolute atomic E-state index is 12.8. The van der Waals surface area contributed by atoms with Gasteiger partial charge in [-0.25, -0.2) is 0 Å². The molecule has 5 heteroatoms. The molecule has 0 atom stereocenters. The number of hydrogen-bond acceptors (Lipinski definition) is 3. The summed E-state index contributed by atoms with van der Waals surface area (Å²) in [4.78, 5) is 14.4. The molecule has 0 heterocycles. The molecule has 1 aromatic carbocycles. The van der Waals surface area contributed by atoms with Gasteiger partial charge in [-0.3, -0.25) is 4.79 Å². The summed E-state index contributed by atoms with van der Waals surface area (Å²) in [5.41, 5.74) is -0.158. The Bertz CT molecular complexity index is 574. The van der Waals surface area contributed by atoms with Gasteiger partial charge in [0.15, 0.2) is 0 Å². The molecule has 0 bridgehead atoms. The molecule has 0 N–H and O–H groups in total. The zero-order valence-corrected chi connectivity index (χ0v) is 13.9. The summed E-state index contributed by atoms with van der Waals surface area (Å²) >= 11 is 3.41. The van der Waals surface area contributed by atoms with E-state index < -0.39 is 5.54 Å². The Balaban J connectivity index is 2.32. The van der Waals surface area contributed by atoms with Crippen molar-refractivity contribution in [1.29, 1.82) is 5.26 Å². The lowest BCUT2D eigenvalue weighted by Crippen LogP contribution is -2.49. The van der Waals surface area contributed by atoms with Gasteiger partial charge in [-0.05, 0) is 47.0 Å². The number of nitrogens with zero attached hydrogens (tertiary/aromatic N) is 2. The molecule has 1 amide bonds. The van der Waals surface area contributed by atoms with Crippen LogP contribution in [0.15, 0.2) is 22.7 Å². The molecule has 1 aromatic rings. The number of carbonyl (C=O) groups is 1. The first kappa shape index (κ1) is 15.8. The molecule has 0 saturated heterocycles. The molecule has 4 nitrogen and oxygen atoms in total. The SMILES string of the molecule is COc1ccc(Br)c(C(=O)N(C)C2(C#N)CCCCC2)c1. The second-order valence-electron chi connectivity index (χ2n) is 5.41. The standard InChI is InChI=1S/C16H19BrN2O2/c1-19(16(11-18)8-4-3-5-9-16)15(20)13-10-12(21-2)6-7-14(13)17/h6-7,10H,3-5,8-9H2,1-2H3.